The molecule has 0 saturated carbocycles. The van der Waals surface area contributed by atoms with E-state index in [-0.39, 0.29) is 11.7 Å². The zero-order chi connectivity index (χ0) is 21.8. The van der Waals surface area contributed by atoms with Gasteiger partial charge in [-0.25, -0.2) is 9.59 Å². The third kappa shape index (κ3) is 5.04. The van der Waals surface area contributed by atoms with Crippen LogP contribution < -0.4 is 4.74 Å². The Labute approximate surface area is 184 Å². The molecular weight excluding hydrogens is 420 g/mol. The lowest BCUT2D eigenvalue weighted by Gasteiger charge is -2.34. The van der Waals surface area contributed by atoms with Gasteiger partial charge < -0.3 is 14.7 Å². The number of piperazine rings is 1. The van der Waals surface area contributed by atoms with Crippen LogP contribution in [0, 0.1) is 0 Å². The van der Waals surface area contributed by atoms with Crippen molar-refractivity contribution in [2.45, 2.75) is 6.54 Å². The number of aromatic nitrogens is 2. The molecule has 0 radical (unpaired) electrons. The quantitative estimate of drug-likeness (QED) is 0.649. The SMILES string of the molecule is O=C(O)c1ccn(C(=O)N2CCN(Cc3cccc(Oc4ccccc4Cl)c3)CC2)n1. The lowest BCUT2D eigenvalue weighted by Crippen LogP contribution is -2.49. The summed E-state index contributed by atoms with van der Waals surface area (Å²) >= 11 is 6.17. The summed E-state index contributed by atoms with van der Waals surface area (Å²) in [6.07, 6.45) is 1.38. The highest BCUT2D eigenvalue weighted by atomic mass is 35.5. The number of halogens is 1. The molecule has 2 aromatic carbocycles. The van der Waals surface area contributed by atoms with Crippen LogP contribution >= 0.6 is 11.6 Å². The fraction of sp³-hybridized carbons (Fsp3) is 0.227. The lowest BCUT2D eigenvalue weighted by molar-refractivity contribution is 0.0689. The predicted molar refractivity (Wildman–Crippen MR) is 115 cm³/mol. The molecule has 1 amide bonds. The maximum absolute atomic E-state index is 12.5. The summed E-state index contributed by atoms with van der Waals surface area (Å²) in [5.41, 5.74) is 0.952. The van der Waals surface area contributed by atoms with Gasteiger partial charge in [0, 0.05) is 38.9 Å². The van der Waals surface area contributed by atoms with E-state index in [1.807, 2.05) is 42.5 Å². The molecule has 1 aliphatic heterocycles. The Morgan fingerprint density at radius 3 is 2.52 bits per heavy atom. The van der Waals surface area contributed by atoms with Gasteiger partial charge in [0.25, 0.3) is 0 Å². The summed E-state index contributed by atoms with van der Waals surface area (Å²) in [5, 5.41) is 13.3. The first-order valence-corrected chi connectivity index (χ1v) is 10.2. The third-order valence-electron chi connectivity index (χ3n) is 5.02. The Hall–Kier alpha value is -3.36. The number of hydrogen-bond donors (Lipinski definition) is 1. The highest BCUT2D eigenvalue weighted by Crippen LogP contribution is 2.29. The molecule has 0 spiro atoms. The average Bonchev–Trinajstić information content (AvgIpc) is 3.27. The summed E-state index contributed by atoms with van der Waals surface area (Å²) in [7, 11) is 0. The van der Waals surface area contributed by atoms with E-state index in [1.165, 1.54) is 12.3 Å². The first-order valence-electron chi connectivity index (χ1n) is 9.81. The summed E-state index contributed by atoms with van der Waals surface area (Å²) in [5.74, 6) is 0.169. The first kappa shape index (κ1) is 20.9. The maximum atomic E-state index is 12.5. The van der Waals surface area contributed by atoms with Gasteiger partial charge in [-0.2, -0.15) is 9.78 Å². The molecule has 0 bridgehead atoms. The van der Waals surface area contributed by atoms with Crippen molar-refractivity contribution in [1.82, 2.24) is 19.6 Å². The van der Waals surface area contributed by atoms with Gasteiger partial charge in [0.2, 0.25) is 0 Å². The van der Waals surface area contributed by atoms with Gasteiger partial charge in [-0.15, -0.1) is 0 Å². The van der Waals surface area contributed by atoms with Crippen molar-refractivity contribution in [3.05, 3.63) is 77.1 Å². The van der Waals surface area contributed by atoms with Crippen LogP contribution in [0.3, 0.4) is 0 Å². The number of rotatable bonds is 5. The van der Waals surface area contributed by atoms with Gasteiger partial charge in [0.15, 0.2) is 5.69 Å². The predicted octanol–water partition coefficient (Wildman–Crippen LogP) is 3.81. The maximum Gasteiger partial charge on any atom is 0.356 e. The van der Waals surface area contributed by atoms with E-state index < -0.39 is 5.97 Å². The van der Waals surface area contributed by atoms with E-state index in [0.29, 0.717) is 42.7 Å². The molecule has 1 fully saturated rings. The van der Waals surface area contributed by atoms with Crippen molar-refractivity contribution in [2.75, 3.05) is 26.2 Å². The second-order valence-corrected chi connectivity index (χ2v) is 7.58. The largest absolute Gasteiger partial charge is 0.476 e. The van der Waals surface area contributed by atoms with Crippen molar-refractivity contribution in [1.29, 1.82) is 0 Å². The van der Waals surface area contributed by atoms with Crippen molar-refractivity contribution >= 4 is 23.6 Å². The molecule has 160 valence electrons. The van der Waals surface area contributed by atoms with Gasteiger partial charge in [-0.1, -0.05) is 35.9 Å². The number of nitrogens with zero attached hydrogens (tertiary/aromatic N) is 4. The van der Waals surface area contributed by atoms with Gasteiger partial charge in [0.1, 0.15) is 11.5 Å². The highest BCUT2D eigenvalue weighted by Gasteiger charge is 2.23. The molecule has 1 aromatic heterocycles. The van der Waals surface area contributed by atoms with Crippen molar-refractivity contribution in [3.63, 3.8) is 0 Å². The minimum atomic E-state index is -1.16. The molecule has 31 heavy (non-hydrogen) atoms. The number of carbonyl (C=O) groups excluding carboxylic acids is 1. The van der Waals surface area contributed by atoms with Crippen LogP contribution in [0.1, 0.15) is 16.1 Å². The second kappa shape index (κ2) is 9.20. The molecule has 3 aromatic rings. The number of carboxylic acid groups (broad SMARTS) is 1. The fourth-order valence-corrected chi connectivity index (χ4v) is 3.58. The Bertz CT molecular complexity index is 1090. The molecule has 1 N–H and O–H groups in total. The van der Waals surface area contributed by atoms with Gasteiger partial charge in [-0.05, 0) is 35.9 Å². The van der Waals surface area contributed by atoms with E-state index in [0.717, 1.165) is 16.8 Å². The van der Waals surface area contributed by atoms with Crippen LogP contribution in [-0.4, -0.2) is 62.9 Å². The number of aromatic carboxylic acids is 1. The fourth-order valence-electron chi connectivity index (χ4n) is 3.41. The third-order valence-corrected chi connectivity index (χ3v) is 5.33. The zero-order valence-electron chi connectivity index (χ0n) is 16.6. The molecule has 8 nitrogen and oxygen atoms in total. The van der Waals surface area contributed by atoms with Crippen molar-refractivity contribution in [3.8, 4) is 11.5 Å². The van der Waals surface area contributed by atoms with Gasteiger partial charge in [0.05, 0.1) is 5.02 Å². The molecule has 2 heterocycles. The number of ether oxygens (including phenoxy) is 1. The van der Waals surface area contributed by atoms with E-state index in [2.05, 4.69) is 10.00 Å². The molecule has 9 heteroatoms. The number of hydrogen-bond acceptors (Lipinski definition) is 5. The molecule has 0 atom stereocenters. The molecule has 0 aliphatic carbocycles. The van der Waals surface area contributed by atoms with Crippen LogP contribution in [-0.2, 0) is 6.54 Å². The normalized spacial score (nSPS) is 14.4. The minimum Gasteiger partial charge on any atom is -0.476 e. The number of amides is 1. The summed E-state index contributed by atoms with van der Waals surface area (Å²) in [6.45, 7) is 3.21. The van der Waals surface area contributed by atoms with Gasteiger partial charge in [-0.3, -0.25) is 4.90 Å². The van der Waals surface area contributed by atoms with Crippen molar-refractivity contribution < 1.29 is 19.4 Å². The zero-order valence-corrected chi connectivity index (χ0v) is 17.4. The molecule has 1 saturated heterocycles. The molecule has 4 rings (SSSR count). The Kier molecular flexibility index (Phi) is 6.20. The van der Waals surface area contributed by atoms with E-state index in [9.17, 15) is 9.59 Å². The number of carboxylic acids is 1. The second-order valence-electron chi connectivity index (χ2n) is 7.18. The van der Waals surface area contributed by atoms with Crippen LogP contribution in [0.4, 0.5) is 4.79 Å². The topological polar surface area (TPSA) is 87.9 Å². The van der Waals surface area contributed by atoms with Crippen LogP contribution in [0.15, 0.2) is 60.8 Å². The van der Waals surface area contributed by atoms with Crippen LogP contribution in [0.5, 0.6) is 11.5 Å². The summed E-state index contributed by atoms with van der Waals surface area (Å²) < 4.78 is 6.98. The van der Waals surface area contributed by atoms with E-state index in [1.54, 1.807) is 11.0 Å². The number of carbonyl (C=O) groups is 2. The van der Waals surface area contributed by atoms with Gasteiger partial charge >= 0.3 is 12.0 Å². The smallest absolute Gasteiger partial charge is 0.356 e. The standard InChI is InChI=1S/C22H21ClN4O4/c23-18-6-1-2-7-20(18)31-17-5-3-4-16(14-17)15-25-10-12-26(13-11-25)22(30)27-9-8-19(24-27)21(28)29/h1-9,14H,10-13,15H2,(H,28,29). The highest BCUT2D eigenvalue weighted by molar-refractivity contribution is 6.32. The summed E-state index contributed by atoms with van der Waals surface area (Å²) in [6, 6.07) is 16.2. The van der Waals surface area contributed by atoms with E-state index in [4.69, 9.17) is 21.4 Å². The molecule has 0 unspecified atom stereocenters. The summed E-state index contributed by atoms with van der Waals surface area (Å²) in [4.78, 5) is 27.4. The monoisotopic (exact) mass is 440 g/mol. The van der Waals surface area contributed by atoms with E-state index >= 15 is 0 Å². The van der Waals surface area contributed by atoms with Crippen molar-refractivity contribution in [2.24, 2.45) is 0 Å². The Balaban J connectivity index is 1.33. The lowest BCUT2D eigenvalue weighted by atomic mass is 10.2. The first-order chi connectivity index (χ1) is 15.0. The van der Waals surface area contributed by atoms with Crippen LogP contribution in [0.25, 0.3) is 0 Å². The number of para-hydroxylation sites is 1. The number of benzene rings is 2. The van der Waals surface area contributed by atoms with Crippen LogP contribution in [0.2, 0.25) is 5.02 Å². The average molecular weight is 441 g/mol. The minimum absolute atomic E-state index is 0.147. The Morgan fingerprint density at radius 1 is 1.03 bits per heavy atom. The molecular formula is C22H21ClN4O4. The Morgan fingerprint density at radius 2 is 1.81 bits per heavy atom. The molecule has 1 aliphatic rings.